The first-order valence-electron chi connectivity index (χ1n) is 8.64. The molecule has 142 valence electrons. The second kappa shape index (κ2) is 8.88. The lowest BCUT2D eigenvalue weighted by Gasteiger charge is -2.11. The highest BCUT2D eigenvalue weighted by Crippen LogP contribution is 2.32. The summed E-state index contributed by atoms with van der Waals surface area (Å²) in [7, 11) is 3.50. The van der Waals surface area contributed by atoms with E-state index in [-0.39, 0.29) is 6.04 Å². The Morgan fingerprint density at radius 2 is 1.93 bits per heavy atom. The Balaban J connectivity index is 1.73. The summed E-state index contributed by atoms with van der Waals surface area (Å²) >= 11 is 5.91. The number of likely N-dealkylation sites (N-methyl/N-ethyl adjacent to an activating group) is 1. The molecule has 1 aromatic heterocycles. The Morgan fingerprint density at radius 3 is 2.63 bits per heavy atom. The largest absolute Gasteiger partial charge is 0.493 e. The molecule has 0 amide bonds. The molecule has 3 rings (SSSR count). The van der Waals surface area contributed by atoms with E-state index in [4.69, 9.17) is 25.6 Å². The van der Waals surface area contributed by atoms with Gasteiger partial charge in [-0.15, -0.1) is 0 Å². The molecule has 0 saturated heterocycles. The average molecular weight is 388 g/mol. The Hall–Kier alpha value is -2.57. The van der Waals surface area contributed by atoms with E-state index in [0.717, 1.165) is 11.1 Å². The minimum atomic E-state index is 0.272. The predicted octanol–water partition coefficient (Wildman–Crippen LogP) is 4.13. The number of nitrogens with one attached hydrogen (secondary N) is 1. The number of aromatic nitrogens is 2. The van der Waals surface area contributed by atoms with E-state index in [9.17, 15) is 0 Å². The molecule has 1 unspecified atom stereocenters. The van der Waals surface area contributed by atoms with E-state index in [1.807, 2.05) is 49.5 Å². The zero-order valence-corrected chi connectivity index (χ0v) is 16.3. The molecule has 1 heterocycles. The Labute approximate surface area is 163 Å². The molecule has 27 heavy (non-hydrogen) atoms. The molecule has 7 heteroatoms. The fourth-order valence-electron chi connectivity index (χ4n) is 2.49. The predicted molar refractivity (Wildman–Crippen MR) is 104 cm³/mol. The number of hydrogen-bond acceptors (Lipinski definition) is 6. The lowest BCUT2D eigenvalue weighted by atomic mass is 10.2. The van der Waals surface area contributed by atoms with Crippen LogP contribution in [0.2, 0.25) is 5.02 Å². The van der Waals surface area contributed by atoms with Gasteiger partial charge in [-0.3, -0.25) is 0 Å². The summed E-state index contributed by atoms with van der Waals surface area (Å²) in [6.45, 7) is 2.48. The van der Waals surface area contributed by atoms with Crippen LogP contribution in [-0.4, -0.2) is 30.3 Å². The monoisotopic (exact) mass is 387 g/mol. The molecule has 6 nitrogen and oxygen atoms in total. The van der Waals surface area contributed by atoms with Gasteiger partial charge in [-0.1, -0.05) is 28.9 Å². The van der Waals surface area contributed by atoms with Crippen molar-refractivity contribution in [3.8, 4) is 23.0 Å². The summed E-state index contributed by atoms with van der Waals surface area (Å²) in [5.74, 6) is 2.36. The number of methoxy groups -OCH3 is 1. The topological polar surface area (TPSA) is 69.4 Å². The van der Waals surface area contributed by atoms with Crippen molar-refractivity contribution < 1.29 is 14.0 Å². The van der Waals surface area contributed by atoms with Crippen LogP contribution in [0.5, 0.6) is 11.5 Å². The molecule has 0 fully saturated rings. The normalized spacial score (nSPS) is 12.0. The van der Waals surface area contributed by atoms with Crippen LogP contribution in [0.1, 0.15) is 18.3 Å². The van der Waals surface area contributed by atoms with Gasteiger partial charge in [0, 0.05) is 23.0 Å². The van der Waals surface area contributed by atoms with Gasteiger partial charge in [0.05, 0.1) is 7.11 Å². The average Bonchev–Trinajstić information content (AvgIpc) is 3.15. The lowest BCUT2D eigenvalue weighted by molar-refractivity contribution is 0.284. The summed E-state index contributed by atoms with van der Waals surface area (Å²) in [6, 6.07) is 13.3. The van der Waals surface area contributed by atoms with Crippen LogP contribution in [0.3, 0.4) is 0 Å². The maximum atomic E-state index is 5.91. The van der Waals surface area contributed by atoms with E-state index in [1.54, 1.807) is 7.11 Å². The van der Waals surface area contributed by atoms with Crippen LogP contribution in [-0.2, 0) is 13.0 Å². The quantitative estimate of drug-likeness (QED) is 0.626. The maximum absolute atomic E-state index is 5.91. The van der Waals surface area contributed by atoms with Crippen LogP contribution in [0, 0.1) is 0 Å². The minimum absolute atomic E-state index is 0.272. The molecule has 1 atom stereocenters. The highest BCUT2D eigenvalue weighted by Gasteiger charge is 2.14. The smallest absolute Gasteiger partial charge is 0.258 e. The molecule has 0 bridgehead atoms. The lowest BCUT2D eigenvalue weighted by Crippen LogP contribution is -2.24. The number of rotatable bonds is 8. The van der Waals surface area contributed by atoms with Gasteiger partial charge in [-0.25, -0.2) is 0 Å². The second-order valence-electron chi connectivity index (χ2n) is 6.19. The van der Waals surface area contributed by atoms with Gasteiger partial charge < -0.3 is 19.3 Å². The molecule has 0 aliphatic heterocycles. The van der Waals surface area contributed by atoms with Crippen LogP contribution in [0.4, 0.5) is 0 Å². The van der Waals surface area contributed by atoms with Crippen molar-refractivity contribution in [2.45, 2.75) is 26.0 Å². The fourth-order valence-corrected chi connectivity index (χ4v) is 2.62. The zero-order valence-electron chi connectivity index (χ0n) is 15.5. The van der Waals surface area contributed by atoms with E-state index in [2.05, 4.69) is 22.4 Å². The van der Waals surface area contributed by atoms with E-state index < -0.39 is 0 Å². The van der Waals surface area contributed by atoms with E-state index in [1.165, 1.54) is 0 Å². The van der Waals surface area contributed by atoms with Gasteiger partial charge in [0.2, 0.25) is 0 Å². The van der Waals surface area contributed by atoms with E-state index >= 15 is 0 Å². The molecule has 3 aromatic rings. The minimum Gasteiger partial charge on any atom is -0.493 e. The van der Waals surface area contributed by atoms with Crippen molar-refractivity contribution in [2.75, 3.05) is 14.2 Å². The number of halogens is 1. The van der Waals surface area contributed by atoms with Crippen LogP contribution in [0.15, 0.2) is 47.0 Å². The van der Waals surface area contributed by atoms with Gasteiger partial charge >= 0.3 is 0 Å². The van der Waals surface area contributed by atoms with E-state index in [0.29, 0.717) is 41.3 Å². The van der Waals surface area contributed by atoms with Crippen molar-refractivity contribution in [2.24, 2.45) is 0 Å². The van der Waals surface area contributed by atoms with Gasteiger partial charge in [-0.2, -0.15) is 4.98 Å². The molecule has 0 spiro atoms. The summed E-state index contributed by atoms with van der Waals surface area (Å²) < 4.78 is 16.7. The van der Waals surface area contributed by atoms with Crippen molar-refractivity contribution in [1.82, 2.24) is 15.5 Å². The van der Waals surface area contributed by atoms with Gasteiger partial charge in [0.15, 0.2) is 17.3 Å². The SMILES string of the molecule is CNC(C)Cc1noc(-c2ccc(OCc3ccc(Cl)cc3)c(OC)c2)n1. The summed E-state index contributed by atoms with van der Waals surface area (Å²) in [5, 5.41) is 7.88. The first kappa shape index (κ1) is 19.2. The second-order valence-corrected chi connectivity index (χ2v) is 6.63. The number of ether oxygens (including phenoxy) is 2. The van der Waals surface area contributed by atoms with Crippen molar-refractivity contribution in [1.29, 1.82) is 0 Å². The third-order valence-electron chi connectivity index (χ3n) is 4.17. The number of nitrogens with zero attached hydrogens (tertiary/aromatic N) is 2. The maximum Gasteiger partial charge on any atom is 0.258 e. The molecule has 0 saturated carbocycles. The Morgan fingerprint density at radius 1 is 1.15 bits per heavy atom. The van der Waals surface area contributed by atoms with Gasteiger partial charge in [0.1, 0.15) is 6.61 Å². The molecule has 1 N–H and O–H groups in total. The molecular weight excluding hydrogens is 366 g/mol. The highest BCUT2D eigenvalue weighted by atomic mass is 35.5. The molecule has 0 aliphatic carbocycles. The summed E-state index contributed by atoms with van der Waals surface area (Å²) in [4.78, 5) is 4.45. The first-order valence-corrected chi connectivity index (χ1v) is 9.02. The van der Waals surface area contributed by atoms with Crippen molar-refractivity contribution in [3.05, 3.63) is 58.9 Å². The molecule has 2 aromatic carbocycles. The standard InChI is InChI=1S/C20H22ClN3O3/c1-13(22-2)10-19-23-20(27-24-19)15-6-9-17(18(11-15)25-3)26-12-14-4-7-16(21)8-5-14/h4-9,11,13,22H,10,12H2,1-3H3. The third kappa shape index (κ3) is 4.99. The third-order valence-corrected chi connectivity index (χ3v) is 4.42. The van der Waals surface area contributed by atoms with Gasteiger partial charge in [-0.05, 0) is 49.9 Å². The van der Waals surface area contributed by atoms with Crippen LogP contribution in [0.25, 0.3) is 11.5 Å². The Bertz CT molecular complexity index is 880. The highest BCUT2D eigenvalue weighted by molar-refractivity contribution is 6.30. The fraction of sp³-hybridized carbons (Fsp3) is 0.300. The number of hydrogen-bond donors (Lipinski definition) is 1. The first-order chi connectivity index (χ1) is 13.1. The zero-order chi connectivity index (χ0) is 19.2. The van der Waals surface area contributed by atoms with Crippen LogP contribution >= 0.6 is 11.6 Å². The molecule has 0 aliphatic rings. The molecular formula is C20H22ClN3O3. The molecule has 0 radical (unpaired) electrons. The van der Waals surface area contributed by atoms with Crippen molar-refractivity contribution >= 4 is 11.6 Å². The Kier molecular flexibility index (Phi) is 6.32. The van der Waals surface area contributed by atoms with Gasteiger partial charge in [0.25, 0.3) is 5.89 Å². The van der Waals surface area contributed by atoms with Crippen molar-refractivity contribution in [3.63, 3.8) is 0 Å². The summed E-state index contributed by atoms with van der Waals surface area (Å²) in [6.07, 6.45) is 0.694. The summed E-state index contributed by atoms with van der Waals surface area (Å²) in [5.41, 5.74) is 1.80. The van der Waals surface area contributed by atoms with Crippen LogP contribution < -0.4 is 14.8 Å². The number of benzene rings is 2.